The van der Waals surface area contributed by atoms with Crippen LogP contribution >= 0.6 is 11.6 Å². The maximum Gasteiger partial charge on any atom is 0.250 e. The highest BCUT2D eigenvalue weighted by Gasteiger charge is 2.18. The molecule has 108 valence electrons. The first-order valence-corrected chi connectivity index (χ1v) is 6.62. The van der Waals surface area contributed by atoms with Gasteiger partial charge in [-0.15, -0.1) is 10.2 Å². The van der Waals surface area contributed by atoms with Gasteiger partial charge < -0.3 is 9.73 Å². The number of hydrogen-bond donors (Lipinski definition) is 1. The van der Waals surface area contributed by atoms with Gasteiger partial charge in [0.2, 0.25) is 5.89 Å². The van der Waals surface area contributed by atoms with Gasteiger partial charge in [-0.25, -0.2) is 8.78 Å². The Morgan fingerprint density at radius 2 is 2.05 bits per heavy atom. The number of rotatable bonds is 5. The fourth-order valence-electron chi connectivity index (χ4n) is 1.65. The lowest BCUT2D eigenvalue weighted by Crippen LogP contribution is -2.19. The van der Waals surface area contributed by atoms with Crippen LogP contribution in [-0.2, 0) is 0 Å². The largest absolute Gasteiger partial charge is 0.419 e. The van der Waals surface area contributed by atoms with E-state index < -0.39 is 11.6 Å². The molecule has 1 heterocycles. The molecule has 0 bridgehead atoms. The third-order valence-corrected chi connectivity index (χ3v) is 3.04. The van der Waals surface area contributed by atoms with Gasteiger partial charge >= 0.3 is 0 Å². The molecule has 0 spiro atoms. The standard InChI is InChI=1S/C13H14ClF2N3O/c1-3-4-17-7(2)12-18-19-13(20-12)8-5-11(16)9(14)6-10(8)15/h5-7,17H,3-4H2,1-2H3. The van der Waals surface area contributed by atoms with Gasteiger partial charge in [-0.1, -0.05) is 18.5 Å². The molecule has 4 nitrogen and oxygen atoms in total. The first kappa shape index (κ1) is 14.9. The van der Waals surface area contributed by atoms with Gasteiger partial charge in [0.1, 0.15) is 11.6 Å². The van der Waals surface area contributed by atoms with Crippen LogP contribution in [0.5, 0.6) is 0 Å². The summed E-state index contributed by atoms with van der Waals surface area (Å²) in [4.78, 5) is 0. The Balaban J connectivity index is 2.27. The molecule has 0 fully saturated rings. The molecule has 1 aromatic carbocycles. The average Bonchev–Trinajstić information content (AvgIpc) is 2.89. The average molecular weight is 302 g/mol. The maximum absolute atomic E-state index is 13.7. The van der Waals surface area contributed by atoms with Crippen LogP contribution in [0.15, 0.2) is 16.5 Å². The van der Waals surface area contributed by atoms with E-state index in [-0.39, 0.29) is 22.5 Å². The van der Waals surface area contributed by atoms with Gasteiger partial charge in [0.05, 0.1) is 16.6 Å². The number of nitrogens with zero attached hydrogens (tertiary/aromatic N) is 2. The summed E-state index contributed by atoms with van der Waals surface area (Å²) in [5, 5.41) is 10.5. The number of hydrogen-bond acceptors (Lipinski definition) is 4. The highest BCUT2D eigenvalue weighted by atomic mass is 35.5. The summed E-state index contributed by atoms with van der Waals surface area (Å²) < 4.78 is 32.5. The van der Waals surface area contributed by atoms with E-state index in [1.165, 1.54) is 0 Å². The lowest BCUT2D eigenvalue weighted by Gasteiger charge is -2.07. The molecule has 0 aliphatic carbocycles. The van der Waals surface area contributed by atoms with E-state index in [1.807, 2.05) is 13.8 Å². The van der Waals surface area contributed by atoms with Crippen LogP contribution in [0.3, 0.4) is 0 Å². The summed E-state index contributed by atoms with van der Waals surface area (Å²) >= 11 is 5.49. The van der Waals surface area contributed by atoms with Crippen molar-refractivity contribution in [2.24, 2.45) is 0 Å². The number of benzene rings is 1. The normalized spacial score (nSPS) is 12.7. The molecule has 1 atom stereocenters. The SMILES string of the molecule is CCCNC(C)c1nnc(-c2cc(F)c(Cl)cc2F)o1. The van der Waals surface area contributed by atoms with Gasteiger partial charge in [0.25, 0.3) is 5.89 Å². The Morgan fingerprint density at radius 3 is 2.75 bits per heavy atom. The first-order chi connectivity index (χ1) is 9.52. The molecule has 7 heteroatoms. The van der Waals surface area contributed by atoms with Crippen LogP contribution in [0.1, 0.15) is 32.2 Å². The minimum atomic E-state index is -0.736. The predicted molar refractivity (Wildman–Crippen MR) is 71.4 cm³/mol. The van der Waals surface area contributed by atoms with Crippen molar-refractivity contribution in [3.05, 3.63) is 34.7 Å². The molecule has 1 N–H and O–H groups in total. The topological polar surface area (TPSA) is 51.0 Å². The van der Waals surface area contributed by atoms with Crippen LogP contribution < -0.4 is 5.32 Å². The highest BCUT2D eigenvalue weighted by molar-refractivity contribution is 6.30. The fraction of sp³-hybridized carbons (Fsp3) is 0.385. The van der Waals surface area contributed by atoms with Gasteiger partial charge in [0, 0.05) is 0 Å². The first-order valence-electron chi connectivity index (χ1n) is 6.24. The molecule has 0 aliphatic heterocycles. The van der Waals surface area contributed by atoms with Crippen molar-refractivity contribution < 1.29 is 13.2 Å². The van der Waals surface area contributed by atoms with Crippen LogP contribution in [0.4, 0.5) is 8.78 Å². The van der Waals surface area contributed by atoms with Crippen LogP contribution in [-0.4, -0.2) is 16.7 Å². The van der Waals surface area contributed by atoms with Crippen molar-refractivity contribution in [1.82, 2.24) is 15.5 Å². The summed E-state index contributed by atoms with van der Waals surface area (Å²) in [5.74, 6) is -1.19. The molecule has 0 amide bonds. The van der Waals surface area contributed by atoms with Gasteiger partial charge in [-0.3, -0.25) is 0 Å². The maximum atomic E-state index is 13.7. The monoisotopic (exact) mass is 301 g/mol. The number of nitrogens with one attached hydrogen (secondary N) is 1. The summed E-state index contributed by atoms with van der Waals surface area (Å²) in [6.07, 6.45) is 0.961. The second-order valence-electron chi connectivity index (χ2n) is 4.37. The Kier molecular flexibility index (Phi) is 4.67. The van der Waals surface area contributed by atoms with Crippen LogP contribution in [0, 0.1) is 11.6 Å². The van der Waals surface area contributed by atoms with Gasteiger partial charge in [-0.2, -0.15) is 0 Å². The van der Waals surface area contributed by atoms with Gasteiger partial charge in [-0.05, 0) is 32.0 Å². The van der Waals surface area contributed by atoms with Crippen molar-refractivity contribution >= 4 is 11.6 Å². The Bertz CT molecular complexity index is 603. The molecular weight excluding hydrogens is 288 g/mol. The molecular formula is C13H14ClF2N3O. The van der Waals surface area contributed by atoms with E-state index in [1.54, 1.807) is 0 Å². The van der Waals surface area contributed by atoms with Crippen molar-refractivity contribution in [2.45, 2.75) is 26.3 Å². The smallest absolute Gasteiger partial charge is 0.250 e. The van der Waals surface area contributed by atoms with E-state index in [0.29, 0.717) is 5.89 Å². The Hall–Kier alpha value is -1.53. The predicted octanol–water partition coefficient (Wildman–Crippen LogP) is 3.73. The Labute approximate surface area is 120 Å². The minimum Gasteiger partial charge on any atom is -0.419 e. The number of aromatic nitrogens is 2. The molecule has 0 radical (unpaired) electrons. The second-order valence-corrected chi connectivity index (χ2v) is 4.77. The van der Waals surface area contributed by atoms with E-state index in [9.17, 15) is 8.78 Å². The van der Waals surface area contributed by atoms with Crippen LogP contribution in [0.2, 0.25) is 5.02 Å². The van der Waals surface area contributed by atoms with E-state index >= 15 is 0 Å². The quantitative estimate of drug-likeness (QED) is 0.855. The molecule has 2 aromatic rings. The lowest BCUT2D eigenvalue weighted by atomic mass is 10.2. The van der Waals surface area contributed by atoms with Crippen molar-refractivity contribution in [1.29, 1.82) is 0 Å². The molecule has 0 saturated heterocycles. The third kappa shape index (κ3) is 3.13. The third-order valence-electron chi connectivity index (χ3n) is 2.75. The minimum absolute atomic E-state index is 0.0711. The molecule has 0 saturated carbocycles. The molecule has 1 unspecified atom stereocenters. The van der Waals surface area contributed by atoms with Crippen molar-refractivity contribution in [3.63, 3.8) is 0 Å². The van der Waals surface area contributed by atoms with Crippen molar-refractivity contribution in [2.75, 3.05) is 6.54 Å². The van der Waals surface area contributed by atoms with Crippen LogP contribution in [0.25, 0.3) is 11.5 Å². The summed E-state index contributed by atoms with van der Waals surface area (Å²) in [6, 6.07) is 1.67. The zero-order valence-corrected chi connectivity index (χ0v) is 11.8. The molecule has 2 rings (SSSR count). The lowest BCUT2D eigenvalue weighted by molar-refractivity contribution is 0.421. The number of halogens is 3. The zero-order chi connectivity index (χ0) is 14.7. The summed E-state index contributed by atoms with van der Waals surface area (Å²) in [5.41, 5.74) is -0.103. The second kappa shape index (κ2) is 6.28. The zero-order valence-electron chi connectivity index (χ0n) is 11.1. The summed E-state index contributed by atoms with van der Waals surface area (Å²) in [7, 11) is 0. The summed E-state index contributed by atoms with van der Waals surface area (Å²) in [6.45, 7) is 4.68. The Morgan fingerprint density at radius 1 is 1.30 bits per heavy atom. The highest BCUT2D eigenvalue weighted by Crippen LogP contribution is 2.27. The molecule has 20 heavy (non-hydrogen) atoms. The molecule has 0 aliphatic rings. The van der Waals surface area contributed by atoms with E-state index in [2.05, 4.69) is 15.5 Å². The van der Waals surface area contributed by atoms with Gasteiger partial charge in [0.15, 0.2) is 0 Å². The van der Waals surface area contributed by atoms with E-state index in [4.69, 9.17) is 16.0 Å². The fourth-order valence-corrected chi connectivity index (χ4v) is 1.80. The van der Waals surface area contributed by atoms with Crippen molar-refractivity contribution in [3.8, 4) is 11.5 Å². The van der Waals surface area contributed by atoms with E-state index in [0.717, 1.165) is 25.1 Å². The molecule has 1 aromatic heterocycles.